The normalized spacial score (nSPS) is 11.5. The fourth-order valence-corrected chi connectivity index (χ4v) is 2.11. The van der Waals surface area contributed by atoms with Gasteiger partial charge in [-0.05, 0) is 49.7 Å². The molecule has 24 heavy (non-hydrogen) atoms. The maximum Gasteiger partial charge on any atom is 0.258 e. The predicted molar refractivity (Wildman–Crippen MR) is 92.8 cm³/mol. The lowest BCUT2D eigenvalue weighted by Gasteiger charge is -2.16. The highest BCUT2D eigenvalue weighted by Gasteiger charge is 2.09. The third kappa shape index (κ3) is 5.50. The third-order valence-corrected chi connectivity index (χ3v) is 3.42. The smallest absolute Gasteiger partial charge is 0.258 e. The van der Waals surface area contributed by atoms with Gasteiger partial charge in [0.15, 0.2) is 6.61 Å². The van der Waals surface area contributed by atoms with E-state index in [9.17, 15) is 4.79 Å². The van der Waals surface area contributed by atoms with Gasteiger partial charge >= 0.3 is 0 Å². The molecule has 0 aliphatic heterocycles. The average molecular weight is 329 g/mol. The Kier molecular flexibility index (Phi) is 6.49. The highest BCUT2D eigenvalue weighted by atomic mass is 16.5. The number of aryl methyl sites for hydroxylation is 1. The molecule has 0 radical (unpaired) electrons. The van der Waals surface area contributed by atoms with Crippen molar-refractivity contribution in [2.75, 3.05) is 20.3 Å². The van der Waals surface area contributed by atoms with Crippen LogP contribution in [0.2, 0.25) is 0 Å². The van der Waals surface area contributed by atoms with Crippen LogP contribution in [-0.4, -0.2) is 32.3 Å². The molecule has 0 spiro atoms. The molecule has 0 heterocycles. The Morgan fingerprint density at radius 3 is 2.38 bits per heavy atom. The standard InChI is InChI=1S/C19H23NO4/c1-14-6-4-5-7-18(14)24-12-15(2)20-19(21)13-23-17-10-8-16(22-3)9-11-17/h4-11,15H,12-13H2,1-3H3,(H,20,21)/t15-/m1/s1. The van der Waals surface area contributed by atoms with Gasteiger partial charge in [0, 0.05) is 0 Å². The van der Waals surface area contributed by atoms with Gasteiger partial charge in [0.25, 0.3) is 5.91 Å². The Hall–Kier alpha value is -2.69. The molecular formula is C19H23NO4. The van der Waals surface area contributed by atoms with E-state index in [0.29, 0.717) is 12.4 Å². The molecule has 0 fully saturated rings. The van der Waals surface area contributed by atoms with Crippen LogP contribution in [0.5, 0.6) is 17.2 Å². The highest BCUT2D eigenvalue weighted by molar-refractivity contribution is 5.77. The van der Waals surface area contributed by atoms with Gasteiger partial charge in [-0.1, -0.05) is 18.2 Å². The summed E-state index contributed by atoms with van der Waals surface area (Å²) in [6, 6.07) is 14.8. The van der Waals surface area contributed by atoms with Crippen molar-refractivity contribution in [3.63, 3.8) is 0 Å². The lowest BCUT2D eigenvalue weighted by atomic mass is 10.2. The van der Waals surface area contributed by atoms with E-state index in [4.69, 9.17) is 14.2 Å². The van der Waals surface area contributed by atoms with Crippen LogP contribution < -0.4 is 19.5 Å². The van der Waals surface area contributed by atoms with Crippen molar-refractivity contribution in [1.29, 1.82) is 0 Å². The number of benzene rings is 2. The Morgan fingerprint density at radius 2 is 1.71 bits per heavy atom. The number of methoxy groups -OCH3 is 1. The molecule has 1 amide bonds. The SMILES string of the molecule is COc1ccc(OCC(=O)N[C@H](C)COc2ccccc2C)cc1. The summed E-state index contributed by atoms with van der Waals surface area (Å²) in [6.45, 7) is 4.24. The molecular weight excluding hydrogens is 306 g/mol. The quantitative estimate of drug-likeness (QED) is 0.809. The Bertz CT molecular complexity index is 655. The van der Waals surface area contributed by atoms with Crippen LogP contribution in [0.4, 0.5) is 0 Å². The van der Waals surface area contributed by atoms with Crippen LogP contribution in [0.1, 0.15) is 12.5 Å². The minimum Gasteiger partial charge on any atom is -0.497 e. The second-order valence-electron chi connectivity index (χ2n) is 5.51. The van der Waals surface area contributed by atoms with E-state index in [0.717, 1.165) is 17.1 Å². The first-order valence-electron chi connectivity index (χ1n) is 7.83. The number of ether oxygens (including phenoxy) is 3. The summed E-state index contributed by atoms with van der Waals surface area (Å²) in [7, 11) is 1.60. The van der Waals surface area contributed by atoms with Crippen molar-refractivity contribution >= 4 is 5.91 Å². The van der Waals surface area contributed by atoms with Gasteiger partial charge in [0.1, 0.15) is 23.9 Å². The first-order chi connectivity index (χ1) is 11.6. The number of amides is 1. The van der Waals surface area contributed by atoms with Crippen molar-refractivity contribution in [3.05, 3.63) is 54.1 Å². The van der Waals surface area contributed by atoms with Gasteiger partial charge in [-0.25, -0.2) is 0 Å². The number of para-hydroxylation sites is 1. The molecule has 0 bridgehead atoms. The average Bonchev–Trinajstić information content (AvgIpc) is 2.59. The summed E-state index contributed by atoms with van der Waals surface area (Å²) < 4.78 is 16.2. The maximum absolute atomic E-state index is 11.9. The first-order valence-corrected chi connectivity index (χ1v) is 7.83. The van der Waals surface area contributed by atoms with Crippen LogP contribution in [-0.2, 0) is 4.79 Å². The fourth-order valence-electron chi connectivity index (χ4n) is 2.11. The largest absolute Gasteiger partial charge is 0.497 e. The van der Waals surface area contributed by atoms with Crippen molar-refractivity contribution in [3.8, 4) is 17.2 Å². The fraction of sp³-hybridized carbons (Fsp3) is 0.316. The van der Waals surface area contributed by atoms with Gasteiger partial charge in [-0.3, -0.25) is 4.79 Å². The molecule has 0 saturated carbocycles. The molecule has 0 aliphatic carbocycles. The lowest BCUT2D eigenvalue weighted by Crippen LogP contribution is -2.39. The molecule has 0 unspecified atom stereocenters. The molecule has 0 saturated heterocycles. The van der Waals surface area contributed by atoms with Crippen LogP contribution in [0.25, 0.3) is 0 Å². The third-order valence-electron chi connectivity index (χ3n) is 3.42. The molecule has 2 aromatic carbocycles. The summed E-state index contributed by atoms with van der Waals surface area (Å²) in [5.74, 6) is 2.00. The Balaban J connectivity index is 1.72. The molecule has 1 N–H and O–H groups in total. The summed E-state index contributed by atoms with van der Waals surface area (Å²) in [5.41, 5.74) is 1.07. The number of carbonyl (C=O) groups excluding carboxylic acids is 1. The molecule has 128 valence electrons. The van der Waals surface area contributed by atoms with Crippen molar-refractivity contribution < 1.29 is 19.0 Å². The van der Waals surface area contributed by atoms with Crippen LogP contribution in [0.3, 0.4) is 0 Å². The van der Waals surface area contributed by atoms with E-state index in [1.54, 1.807) is 31.4 Å². The van der Waals surface area contributed by atoms with Gasteiger partial charge in [-0.15, -0.1) is 0 Å². The zero-order valence-electron chi connectivity index (χ0n) is 14.2. The van der Waals surface area contributed by atoms with Gasteiger partial charge < -0.3 is 19.5 Å². The second kappa shape index (κ2) is 8.82. The molecule has 5 heteroatoms. The summed E-state index contributed by atoms with van der Waals surface area (Å²) >= 11 is 0. The van der Waals surface area contributed by atoms with E-state index < -0.39 is 0 Å². The molecule has 2 rings (SSSR count). The van der Waals surface area contributed by atoms with E-state index in [1.165, 1.54) is 0 Å². The number of nitrogens with one attached hydrogen (secondary N) is 1. The zero-order chi connectivity index (χ0) is 17.4. The lowest BCUT2D eigenvalue weighted by molar-refractivity contribution is -0.123. The van der Waals surface area contributed by atoms with Crippen LogP contribution in [0.15, 0.2) is 48.5 Å². The van der Waals surface area contributed by atoms with Gasteiger partial charge in [0.2, 0.25) is 0 Å². The molecule has 0 aromatic heterocycles. The summed E-state index contributed by atoms with van der Waals surface area (Å²) in [5, 5.41) is 2.85. The van der Waals surface area contributed by atoms with Crippen molar-refractivity contribution in [1.82, 2.24) is 5.32 Å². The van der Waals surface area contributed by atoms with Crippen molar-refractivity contribution in [2.45, 2.75) is 19.9 Å². The molecule has 0 aliphatic rings. The second-order valence-corrected chi connectivity index (χ2v) is 5.51. The maximum atomic E-state index is 11.9. The molecule has 5 nitrogen and oxygen atoms in total. The summed E-state index contributed by atoms with van der Waals surface area (Å²) in [4.78, 5) is 11.9. The Labute approximate surface area is 142 Å². The van der Waals surface area contributed by atoms with E-state index in [2.05, 4.69) is 5.32 Å². The van der Waals surface area contributed by atoms with Gasteiger partial charge in [0.05, 0.1) is 13.2 Å². The number of carbonyl (C=O) groups is 1. The predicted octanol–water partition coefficient (Wildman–Crippen LogP) is 2.97. The number of hydrogen-bond acceptors (Lipinski definition) is 4. The summed E-state index contributed by atoms with van der Waals surface area (Å²) in [6.07, 6.45) is 0. The topological polar surface area (TPSA) is 56.8 Å². The number of rotatable bonds is 8. The minimum absolute atomic E-state index is 0.0406. The van der Waals surface area contributed by atoms with Crippen LogP contribution in [0, 0.1) is 6.92 Å². The van der Waals surface area contributed by atoms with E-state index in [-0.39, 0.29) is 18.6 Å². The Morgan fingerprint density at radius 1 is 1.04 bits per heavy atom. The van der Waals surface area contributed by atoms with Gasteiger partial charge in [-0.2, -0.15) is 0 Å². The van der Waals surface area contributed by atoms with Crippen LogP contribution >= 0.6 is 0 Å². The highest BCUT2D eigenvalue weighted by Crippen LogP contribution is 2.17. The van der Waals surface area contributed by atoms with Crippen molar-refractivity contribution in [2.24, 2.45) is 0 Å². The molecule has 1 atom stereocenters. The van der Waals surface area contributed by atoms with E-state index >= 15 is 0 Å². The monoisotopic (exact) mass is 329 g/mol. The van der Waals surface area contributed by atoms with E-state index in [1.807, 2.05) is 38.1 Å². The number of hydrogen-bond donors (Lipinski definition) is 1. The first kappa shape index (κ1) is 17.7. The zero-order valence-corrected chi connectivity index (χ0v) is 14.2. The minimum atomic E-state index is -0.188. The molecule has 2 aromatic rings.